The molecule has 7 heteroatoms. The molecule has 0 saturated heterocycles. The van der Waals surface area contributed by atoms with Crippen LogP contribution < -0.4 is 10.9 Å². The van der Waals surface area contributed by atoms with E-state index in [0.29, 0.717) is 18.0 Å². The van der Waals surface area contributed by atoms with Gasteiger partial charge in [-0.05, 0) is 30.7 Å². The van der Waals surface area contributed by atoms with Crippen LogP contribution in [0.1, 0.15) is 11.1 Å². The van der Waals surface area contributed by atoms with Crippen molar-refractivity contribution in [2.45, 2.75) is 19.6 Å². The number of anilines is 1. The van der Waals surface area contributed by atoms with Gasteiger partial charge in [0, 0.05) is 18.0 Å². The largest absolute Gasteiger partial charge is 0.417 e. The average Bonchev–Trinajstić information content (AvgIpc) is 2.40. The Morgan fingerprint density at radius 3 is 2.59 bits per heavy atom. The van der Waals surface area contributed by atoms with E-state index < -0.39 is 29.8 Å². The van der Waals surface area contributed by atoms with Crippen molar-refractivity contribution in [3.63, 3.8) is 0 Å². The van der Waals surface area contributed by atoms with Gasteiger partial charge in [-0.25, -0.2) is 0 Å². The van der Waals surface area contributed by atoms with Crippen molar-refractivity contribution in [3.8, 4) is 0 Å². The summed E-state index contributed by atoms with van der Waals surface area (Å²) in [4.78, 5) is 23.4. The Balaban J connectivity index is 2.16. The van der Waals surface area contributed by atoms with Crippen LogP contribution in [0.25, 0.3) is 0 Å². The van der Waals surface area contributed by atoms with Gasteiger partial charge in [0.05, 0.1) is 5.56 Å². The predicted octanol–water partition coefficient (Wildman–Crippen LogP) is 2.81. The molecule has 22 heavy (non-hydrogen) atoms. The smallest absolute Gasteiger partial charge is 0.325 e. The number of rotatable bonds is 3. The minimum absolute atomic E-state index is 0.489. The fourth-order valence-electron chi connectivity index (χ4n) is 1.90. The minimum Gasteiger partial charge on any atom is -0.325 e. The van der Waals surface area contributed by atoms with Crippen LogP contribution in [0.15, 0.2) is 47.4 Å². The zero-order valence-corrected chi connectivity index (χ0v) is 11.6. The van der Waals surface area contributed by atoms with Crippen LogP contribution in [0.2, 0.25) is 0 Å². The highest BCUT2D eigenvalue weighted by Crippen LogP contribution is 2.27. The van der Waals surface area contributed by atoms with Crippen molar-refractivity contribution < 1.29 is 18.0 Å². The molecule has 0 aliphatic rings. The second-order valence-electron chi connectivity index (χ2n) is 4.80. The molecule has 0 aliphatic carbocycles. The number of nitrogens with zero attached hydrogens (tertiary/aromatic N) is 1. The van der Waals surface area contributed by atoms with Crippen LogP contribution in [0.4, 0.5) is 18.9 Å². The van der Waals surface area contributed by atoms with E-state index in [2.05, 4.69) is 5.32 Å². The zero-order valence-electron chi connectivity index (χ0n) is 11.6. The highest BCUT2D eigenvalue weighted by molar-refractivity contribution is 5.90. The molecule has 0 saturated carbocycles. The normalized spacial score (nSPS) is 11.3. The molecule has 0 atom stereocenters. The van der Waals surface area contributed by atoms with Crippen molar-refractivity contribution in [1.82, 2.24) is 4.57 Å². The standard InChI is InChI=1S/C15H13F3N2O2/c1-10-3-2-4-12(7-10)19-13(21)9-20-8-11(15(16,17)18)5-6-14(20)22/h2-8H,9H2,1H3,(H,19,21). The van der Waals surface area contributed by atoms with E-state index >= 15 is 0 Å². The molecule has 0 fully saturated rings. The predicted molar refractivity (Wildman–Crippen MR) is 75.5 cm³/mol. The first-order valence-electron chi connectivity index (χ1n) is 6.40. The van der Waals surface area contributed by atoms with Crippen LogP contribution >= 0.6 is 0 Å². The molecule has 4 nitrogen and oxygen atoms in total. The molecule has 2 rings (SSSR count). The molecule has 1 aromatic carbocycles. The Labute approximate surface area is 124 Å². The van der Waals surface area contributed by atoms with E-state index in [1.165, 1.54) is 0 Å². The molecule has 2 aromatic rings. The van der Waals surface area contributed by atoms with Crippen LogP contribution in [0.5, 0.6) is 0 Å². The summed E-state index contributed by atoms with van der Waals surface area (Å²) in [5.41, 5.74) is -0.207. The molecule has 0 unspecified atom stereocenters. The molecule has 1 amide bonds. The Hall–Kier alpha value is -2.57. The number of benzene rings is 1. The van der Waals surface area contributed by atoms with Gasteiger partial charge in [0.1, 0.15) is 6.54 Å². The molecule has 0 bridgehead atoms. The number of alkyl halides is 3. The first kappa shape index (κ1) is 15.8. The summed E-state index contributed by atoms with van der Waals surface area (Å²) in [7, 11) is 0. The lowest BCUT2D eigenvalue weighted by Crippen LogP contribution is -2.28. The third kappa shape index (κ3) is 3.97. The third-order valence-corrected chi connectivity index (χ3v) is 2.93. The van der Waals surface area contributed by atoms with E-state index in [1.807, 2.05) is 13.0 Å². The molecule has 0 spiro atoms. The molecular formula is C15H13F3N2O2. The van der Waals surface area contributed by atoms with E-state index in [4.69, 9.17) is 0 Å². The van der Waals surface area contributed by atoms with Gasteiger partial charge in [0.25, 0.3) is 5.56 Å². The Morgan fingerprint density at radius 1 is 1.23 bits per heavy atom. The number of carbonyl (C=O) groups is 1. The second kappa shape index (κ2) is 6.05. The highest BCUT2D eigenvalue weighted by atomic mass is 19.4. The monoisotopic (exact) mass is 310 g/mol. The average molecular weight is 310 g/mol. The Morgan fingerprint density at radius 2 is 1.95 bits per heavy atom. The fourth-order valence-corrected chi connectivity index (χ4v) is 1.90. The number of amides is 1. The van der Waals surface area contributed by atoms with Gasteiger partial charge in [-0.15, -0.1) is 0 Å². The lowest BCUT2D eigenvalue weighted by molar-refractivity contribution is -0.138. The lowest BCUT2D eigenvalue weighted by Gasteiger charge is -2.11. The van der Waals surface area contributed by atoms with Crippen LogP contribution in [-0.4, -0.2) is 10.5 Å². The molecule has 1 N–H and O–H groups in total. The summed E-state index contributed by atoms with van der Waals surface area (Å²) >= 11 is 0. The molecule has 1 heterocycles. The van der Waals surface area contributed by atoms with E-state index in [-0.39, 0.29) is 0 Å². The number of carbonyl (C=O) groups excluding carboxylic acids is 1. The van der Waals surface area contributed by atoms with Gasteiger partial charge in [0.15, 0.2) is 0 Å². The van der Waals surface area contributed by atoms with Crippen molar-refractivity contribution in [1.29, 1.82) is 0 Å². The van der Waals surface area contributed by atoms with Crippen LogP contribution in [-0.2, 0) is 17.5 Å². The third-order valence-electron chi connectivity index (χ3n) is 2.93. The molecule has 1 aromatic heterocycles. The van der Waals surface area contributed by atoms with Gasteiger partial charge >= 0.3 is 6.18 Å². The molecule has 0 aliphatic heterocycles. The highest BCUT2D eigenvalue weighted by Gasteiger charge is 2.31. The number of nitrogens with one attached hydrogen (secondary N) is 1. The van der Waals surface area contributed by atoms with Gasteiger partial charge in [-0.1, -0.05) is 12.1 Å². The maximum atomic E-state index is 12.6. The van der Waals surface area contributed by atoms with Crippen molar-refractivity contribution in [2.24, 2.45) is 0 Å². The molecular weight excluding hydrogens is 297 g/mol. The first-order valence-corrected chi connectivity index (χ1v) is 6.40. The van der Waals surface area contributed by atoms with E-state index in [9.17, 15) is 22.8 Å². The Bertz CT molecular complexity index is 751. The summed E-state index contributed by atoms with van der Waals surface area (Å²) in [5, 5.41) is 2.54. The minimum atomic E-state index is -4.57. The zero-order chi connectivity index (χ0) is 16.3. The SMILES string of the molecule is Cc1cccc(NC(=O)Cn2cc(C(F)(F)F)ccc2=O)c1. The van der Waals surface area contributed by atoms with E-state index in [0.717, 1.165) is 16.2 Å². The molecule has 116 valence electrons. The van der Waals surface area contributed by atoms with E-state index in [1.54, 1.807) is 18.2 Å². The topological polar surface area (TPSA) is 51.1 Å². The number of pyridine rings is 1. The lowest BCUT2D eigenvalue weighted by atomic mass is 10.2. The maximum absolute atomic E-state index is 12.6. The number of aromatic nitrogens is 1. The van der Waals surface area contributed by atoms with Gasteiger partial charge in [0.2, 0.25) is 5.91 Å². The van der Waals surface area contributed by atoms with Gasteiger partial charge in [-0.3, -0.25) is 9.59 Å². The number of aryl methyl sites for hydroxylation is 1. The number of hydrogen-bond acceptors (Lipinski definition) is 2. The fraction of sp³-hybridized carbons (Fsp3) is 0.200. The summed E-state index contributed by atoms with van der Waals surface area (Å²) in [6, 6.07) is 8.43. The van der Waals surface area contributed by atoms with Crippen molar-refractivity contribution >= 4 is 11.6 Å². The molecule has 0 radical (unpaired) electrons. The Kier molecular flexibility index (Phi) is 4.35. The van der Waals surface area contributed by atoms with Crippen molar-refractivity contribution in [2.75, 3.05) is 5.32 Å². The summed E-state index contributed by atoms with van der Waals surface area (Å²) in [6.45, 7) is 1.35. The first-order chi connectivity index (χ1) is 10.3. The quantitative estimate of drug-likeness (QED) is 0.948. The van der Waals surface area contributed by atoms with Gasteiger partial charge in [-0.2, -0.15) is 13.2 Å². The summed E-state index contributed by atoms with van der Waals surface area (Å²) < 4.78 is 38.6. The summed E-state index contributed by atoms with van der Waals surface area (Å²) in [5.74, 6) is -0.577. The van der Waals surface area contributed by atoms with Crippen LogP contribution in [0.3, 0.4) is 0 Å². The van der Waals surface area contributed by atoms with Crippen molar-refractivity contribution in [3.05, 3.63) is 64.1 Å². The maximum Gasteiger partial charge on any atom is 0.417 e. The summed E-state index contributed by atoms with van der Waals surface area (Å²) in [6.07, 6.45) is -3.93. The number of halogens is 3. The number of hydrogen-bond donors (Lipinski definition) is 1. The second-order valence-corrected chi connectivity index (χ2v) is 4.80. The van der Waals surface area contributed by atoms with Crippen LogP contribution in [0, 0.1) is 6.92 Å². The van der Waals surface area contributed by atoms with Gasteiger partial charge < -0.3 is 9.88 Å².